The van der Waals surface area contributed by atoms with Crippen LogP contribution >= 0.6 is 0 Å². The maximum Gasteiger partial charge on any atom is 0.387 e. The summed E-state index contributed by atoms with van der Waals surface area (Å²) in [7, 11) is 0. The zero-order valence-electron chi connectivity index (χ0n) is 12.0. The molecule has 0 unspecified atom stereocenters. The Bertz CT molecular complexity index is 472. The van der Waals surface area contributed by atoms with Crippen molar-refractivity contribution < 1.29 is 13.5 Å². The molecule has 116 valence electrons. The fourth-order valence-corrected chi connectivity index (χ4v) is 2.41. The van der Waals surface area contributed by atoms with Gasteiger partial charge in [-0.3, -0.25) is 0 Å². The van der Waals surface area contributed by atoms with Crippen molar-refractivity contribution in [2.45, 2.75) is 38.8 Å². The number of aliphatic imine (C=N–C) groups is 1. The molecular formula is C15H21F2N3O. The van der Waals surface area contributed by atoms with Gasteiger partial charge in [-0.2, -0.15) is 8.78 Å². The fraction of sp³-hybridized carbons (Fsp3) is 0.533. The summed E-state index contributed by atoms with van der Waals surface area (Å²) in [6, 6.07) is 6.66. The molecule has 0 radical (unpaired) electrons. The van der Waals surface area contributed by atoms with Gasteiger partial charge in [-0.25, -0.2) is 4.99 Å². The van der Waals surface area contributed by atoms with E-state index in [-0.39, 0.29) is 12.3 Å². The lowest BCUT2D eigenvalue weighted by atomic mass is 10.2. The molecule has 0 amide bonds. The molecular weight excluding hydrogens is 276 g/mol. The summed E-state index contributed by atoms with van der Waals surface area (Å²) in [6.45, 7) is -0.779. The third-order valence-electron chi connectivity index (χ3n) is 3.53. The van der Waals surface area contributed by atoms with Gasteiger partial charge in [0.1, 0.15) is 5.75 Å². The zero-order valence-corrected chi connectivity index (χ0v) is 12.0. The van der Waals surface area contributed by atoms with Crippen LogP contribution < -0.4 is 10.5 Å². The number of ether oxygens (including phenoxy) is 1. The van der Waals surface area contributed by atoms with Crippen LogP contribution in [-0.2, 0) is 6.54 Å². The second-order valence-electron chi connectivity index (χ2n) is 5.06. The van der Waals surface area contributed by atoms with E-state index < -0.39 is 6.61 Å². The first-order valence-corrected chi connectivity index (χ1v) is 7.24. The number of nitrogens with zero attached hydrogens (tertiary/aromatic N) is 2. The number of hydrogen-bond acceptors (Lipinski definition) is 2. The van der Waals surface area contributed by atoms with E-state index in [1.165, 1.54) is 18.9 Å². The van der Waals surface area contributed by atoms with Crippen LogP contribution in [0.3, 0.4) is 0 Å². The summed E-state index contributed by atoms with van der Waals surface area (Å²) in [5.41, 5.74) is 6.61. The van der Waals surface area contributed by atoms with Crippen LogP contribution in [0, 0.1) is 0 Å². The van der Waals surface area contributed by atoms with Crippen LogP contribution in [-0.4, -0.2) is 30.6 Å². The van der Waals surface area contributed by atoms with Crippen LogP contribution in [0.2, 0.25) is 0 Å². The Morgan fingerprint density at radius 1 is 1.19 bits per heavy atom. The average Bonchev–Trinajstić information content (AvgIpc) is 2.74. The number of nitrogens with two attached hydrogens (primary N) is 1. The highest BCUT2D eigenvalue weighted by Crippen LogP contribution is 2.21. The third-order valence-corrected chi connectivity index (χ3v) is 3.53. The van der Waals surface area contributed by atoms with Crippen molar-refractivity contribution in [1.29, 1.82) is 0 Å². The molecule has 0 atom stereocenters. The number of benzene rings is 1. The molecule has 6 heteroatoms. The van der Waals surface area contributed by atoms with Crippen molar-refractivity contribution in [2.75, 3.05) is 13.1 Å². The van der Waals surface area contributed by atoms with E-state index in [9.17, 15) is 8.78 Å². The molecule has 0 saturated carbocycles. The first-order chi connectivity index (χ1) is 10.2. The summed E-state index contributed by atoms with van der Waals surface area (Å²) >= 11 is 0. The van der Waals surface area contributed by atoms with Crippen LogP contribution in [0.1, 0.15) is 31.2 Å². The van der Waals surface area contributed by atoms with Crippen LogP contribution in [0.4, 0.5) is 8.78 Å². The largest absolute Gasteiger partial charge is 0.434 e. The second kappa shape index (κ2) is 7.81. The highest BCUT2D eigenvalue weighted by molar-refractivity contribution is 5.78. The molecule has 0 aliphatic carbocycles. The summed E-state index contributed by atoms with van der Waals surface area (Å²) in [4.78, 5) is 6.38. The number of likely N-dealkylation sites (tertiary alicyclic amines) is 1. The maximum absolute atomic E-state index is 12.3. The van der Waals surface area contributed by atoms with Gasteiger partial charge in [0.15, 0.2) is 5.96 Å². The topological polar surface area (TPSA) is 50.9 Å². The van der Waals surface area contributed by atoms with Gasteiger partial charge in [0, 0.05) is 18.7 Å². The Kier molecular flexibility index (Phi) is 5.78. The minimum atomic E-state index is -2.84. The monoisotopic (exact) mass is 297 g/mol. The number of rotatable bonds is 4. The lowest BCUT2D eigenvalue weighted by Crippen LogP contribution is -2.38. The molecule has 1 aliphatic rings. The molecule has 0 aromatic heterocycles. The Morgan fingerprint density at radius 3 is 2.52 bits per heavy atom. The lowest BCUT2D eigenvalue weighted by Gasteiger charge is -2.21. The summed E-state index contributed by atoms with van der Waals surface area (Å²) in [5, 5.41) is 0. The molecule has 2 N–H and O–H groups in total. The van der Waals surface area contributed by atoms with E-state index in [4.69, 9.17) is 5.73 Å². The van der Waals surface area contributed by atoms with E-state index in [2.05, 4.69) is 14.6 Å². The van der Waals surface area contributed by atoms with Crippen molar-refractivity contribution in [3.8, 4) is 5.75 Å². The first kappa shape index (κ1) is 15.5. The van der Waals surface area contributed by atoms with Gasteiger partial charge in [0.2, 0.25) is 0 Å². The molecule has 0 bridgehead atoms. The van der Waals surface area contributed by atoms with Crippen molar-refractivity contribution >= 4 is 5.96 Å². The molecule has 0 spiro atoms. The molecule has 2 rings (SSSR count). The van der Waals surface area contributed by atoms with Crippen molar-refractivity contribution in [2.24, 2.45) is 10.7 Å². The normalized spacial score (nSPS) is 16.9. The molecule has 4 nitrogen and oxygen atoms in total. The smallest absolute Gasteiger partial charge is 0.387 e. The van der Waals surface area contributed by atoms with Gasteiger partial charge in [-0.1, -0.05) is 31.0 Å². The van der Waals surface area contributed by atoms with Gasteiger partial charge in [-0.15, -0.1) is 0 Å². The second-order valence-corrected chi connectivity index (χ2v) is 5.06. The number of halogens is 2. The summed E-state index contributed by atoms with van der Waals surface area (Å²) < 4.78 is 29.2. The molecule has 1 aliphatic heterocycles. The maximum atomic E-state index is 12.3. The molecule has 1 heterocycles. The fourth-order valence-electron chi connectivity index (χ4n) is 2.41. The minimum absolute atomic E-state index is 0.153. The standard InChI is InChI=1S/C15H21F2N3O/c16-14(17)21-13-8-4-3-7-12(13)11-19-15(18)20-9-5-1-2-6-10-20/h3-4,7-8,14H,1-2,5-6,9-11H2,(H2,18,19). The average molecular weight is 297 g/mol. The van der Waals surface area contributed by atoms with Crippen molar-refractivity contribution in [3.05, 3.63) is 29.8 Å². The van der Waals surface area contributed by atoms with Crippen LogP contribution in [0.15, 0.2) is 29.3 Å². The Balaban J connectivity index is 2.02. The number of alkyl halides is 2. The summed E-state index contributed by atoms with van der Waals surface area (Å²) in [5.74, 6) is 0.628. The van der Waals surface area contributed by atoms with Gasteiger partial charge < -0.3 is 15.4 Å². The predicted octanol–water partition coefficient (Wildman–Crippen LogP) is 2.98. The highest BCUT2D eigenvalue weighted by Gasteiger charge is 2.12. The van der Waals surface area contributed by atoms with Gasteiger partial charge in [-0.05, 0) is 18.9 Å². The van der Waals surface area contributed by atoms with Crippen molar-refractivity contribution in [1.82, 2.24) is 4.90 Å². The van der Waals surface area contributed by atoms with Gasteiger partial charge >= 0.3 is 6.61 Å². The lowest BCUT2D eigenvalue weighted by molar-refractivity contribution is -0.0504. The van der Waals surface area contributed by atoms with E-state index in [0.29, 0.717) is 11.5 Å². The van der Waals surface area contributed by atoms with Gasteiger partial charge in [0.25, 0.3) is 0 Å². The highest BCUT2D eigenvalue weighted by atomic mass is 19.3. The van der Waals surface area contributed by atoms with Crippen LogP contribution in [0.5, 0.6) is 5.75 Å². The van der Waals surface area contributed by atoms with Crippen molar-refractivity contribution in [3.63, 3.8) is 0 Å². The number of hydrogen-bond donors (Lipinski definition) is 1. The predicted molar refractivity (Wildman–Crippen MR) is 78.4 cm³/mol. The molecule has 1 fully saturated rings. The van der Waals surface area contributed by atoms with E-state index in [1.54, 1.807) is 18.2 Å². The van der Waals surface area contributed by atoms with Gasteiger partial charge in [0.05, 0.1) is 6.54 Å². The molecule has 21 heavy (non-hydrogen) atoms. The quantitative estimate of drug-likeness (QED) is 0.686. The molecule has 1 saturated heterocycles. The first-order valence-electron chi connectivity index (χ1n) is 7.24. The van der Waals surface area contributed by atoms with Crippen LogP contribution in [0.25, 0.3) is 0 Å². The Labute approximate surface area is 123 Å². The Hall–Kier alpha value is -1.85. The molecule has 1 aromatic carbocycles. The van der Waals surface area contributed by atoms with E-state index in [0.717, 1.165) is 25.9 Å². The van der Waals surface area contributed by atoms with E-state index in [1.807, 2.05) is 0 Å². The zero-order chi connectivity index (χ0) is 15.1. The minimum Gasteiger partial charge on any atom is -0.434 e. The Morgan fingerprint density at radius 2 is 1.86 bits per heavy atom. The number of guanidine groups is 1. The SMILES string of the molecule is NC(=NCc1ccccc1OC(F)F)N1CCCCCC1. The molecule has 1 aromatic rings. The summed E-state index contributed by atoms with van der Waals surface area (Å²) in [6.07, 6.45) is 4.66. The van der Waals surface area contributed by atoms with E-state index >= 15 is 0 Å². The third kappa shape index (κ3) is 4.88. The number of para-hydroxylation sites is 1.